The van der Waals surface area contributed by atoms with Crippen LogP contribution in [0.1, 0.15) is 19.5 Å². The van der Waals surface area contributed by atoms with Gasteiger partial charge in [-0.05, 0) is 12.8 Å². The summed E-state index contributed by atoms with van der Waals surface area (Å²) >= 11 is 0. The second-order valence-corrected chi connectivity index (χ2v) is 2.10. The summed E-state index contributed by atoms with van der Waals surface area (Å²) in [6.07, 6.45) is 5.26. The van der Waals surface area contributed by atoms with E-state index in [1.807, 2.05) is 6.08 Å². The van der Waals surface area contributed by atoms with Gasteiger partial charge in [-0.2, -0.15) is 0 Å². The fourth-order valence-corrected chi connectivity index (χ4v) is 0.763. The van der Waals surface area contributed by atoms with E-state index in [1.54, 1.807) is 6.20 Å². The molecule has 0 aliphatic carbocycles. The second kappa shape index (κ2) is 4.55. The molecule has 0 aliphatic rings. The minimum Gasteiger partial charge on any atom is -0.313 e. The van der Waals surface area contributed by atoms with Gasteiger partial charge in [0.15, 0.2) is 0 Å². The number of rotatable bonds is 3. The average molecular weight is 154 g/mol. The summed E-state index contributed by atoms with van der Waals surface area (Å²) in [6.45, 7) is 3.58. The van der Waals surface area contributed by atoms with Crippen LogP contribution in [-0.2, 0) is 6.42 Å². The van der Waals surface area contributed by atoms with Gasteiger partial charge >= 0.3 is 5.69 Å². The van der Waals surface area contributed by atoms with E-state index < -0.39 is 0 Å². The first kappa shape index (κ1) is 9.75. The van der Waals surface area contributed by atoms with Crippen molar-refractivity contribution in [2.45, 2.75) is 20.3 Å². The quantitative estimate of drug-likeness (QED) is 0.636. The Morgan fingerprint density at radius 3 is 2.82 bits per heavy atom. The van der Waals surface area contributed by atoms with E-state index in [0.717, 1.165) is 18.5 Å². The normalized spacial score (nSPS) is 8.73. The SMILES string of the molecule is C.C=CCCc1c[nH]c(=O)[nH]1. The van der Waals surface area contributed by atoms with E-state index in [2.05, 4.69) is 16.5 Å². The minimum atomic E-state index is -0.140. The molecule has 3 nitrogen and oxygen atoms in total. The zero-order chi connectivity index (χ0) is 7.40. The first-order valence-corrected chi connectivity index (χ1v) is 3.20. The molecule has 0 atom stereocenters. The van der Waals surface area contributed by atoms with Crippen molar-refractivity contribution in [1.82, 2.24) is 9.97 Å². The molecular weight excluding hydrogens is 140 g/mol. The Kier molecular flexibility index (Phi) is 4.03. The molecule has 0 amide bonds. The monoisotopic (exact) mass is 154 g/mol. The van der Waals surface area contributed by atoms with Crippen LogP contribution in [0.5, 0.6) is 0 Å². The largest absolute Gasteiger partial charge is 0.323 e. The van der Waals surface area contributed by atoms with Gasteiger partial charge in [0.1, 0.15) is 0 Å². The van der Waals surface area contributed by atoms with Crippen LogP contribution in [0, 0.1) is 0 Å². The molecule has 11 heavy (non-hydrogen) atoms. The van der Waals surface area contributed by atoms with Crippen molar-refractivity contribution >= 4 is 0 Å². The molecule has 1 aromatic rings. The van der Waals surface area contributed by atoms with Crippen LogP contribution >= 0.6 is 0 Å². The van der Waals surface area contributed by atoms with Crippen molar-refractivity contribution < 1.29 is 0 Å². The van der Waals surface area contributed by atoms with Gasteiger partial charge in [-0.1, -0.05) is 13.5 Å². The Morgan fingerprint density at radius 1 is 1.64 bits per heavy atom. The van der Waals surface area contributed by atoms with Crippen molar-refractivity contribution in [2.24, 2.45) is 0 Å². The molecule has 0 fully saturated rings. The zero-order valence-electron chi connectivity index (χ0n) is 5.68. The van der Waals surface area contributed by atoms with Crippen LogP contribution in [0.25, 0.3) is 0 Å². The van der Waals surface area contributed by atoms with Crippen molar-refractivity contribution in [3.05, 3.63) is 35.0 Å². The Bertz CT molecular complexity index is 259. The van der Waals surface area contributed by atoms with E-state index in [-0.39, 0.29) is 13.1 Å². The molecule has 0 spiro atoms. The molecule has 2 N–H and O–H groups in total. The summed E-state index contributed by atoms with van der Waals surface area (Å²) in [5.41, 5.74) is 0.795. The van der Waals surface area contributed by atoms with Crippen molar-refractivity contribution in [3.63, 3.8) is 0 Å². The number of hydrogen-bond acceptors (Lipinski definition) is 1. The summed E-state index contributed by atoms with van der Waals surface area (Å²) in [4.78, 5) is 15.7. The third-order valence-corrected chi connectivity index (χ3v) is 1.27. The lowest BCUT2D eigenvalue weighted by molar-refractivity contribution is 0.954. The molecule has 1 rings (SSSR count). The lowest BCUT2D eigenvalue weighted by Gasteiger charge is -1.87. The molecular formula is C8H14N2O. The molecule has 1 aromatic heterocycles. The van der Waals surface area contributed by atoms with Crippen LogP contribution in [0.2, 0.25) is 0 Å². The highest BCUT2D eigenvalue weighted by Crippen LogP contribution is 1.93. The maximum absolute atomic E-state index is 10.5. The summed E-state index contributed by atoms with van der Waals surface area (Å²) in [5.74, 6) is 0. The number of nitrogens with one attached hydrogen (secondary N) is 2. The van der Waals surface area contributed by atoms with E-state index in [0.29, 0.717) is 0 Å². The van der Waals surface area contributed by atoms with Gasteiger partial charge in [-0.3, -0.25) is 0 Å². The van der Waals surface area contributed by atoms with E-state index in [1.165, 1.54) is 0 Å². The first-order valence-electron chi connectivity index (χ1n) is 3.20. The molecule has 62 valence electrons. The molecule has 0 saturated heterocycles. The number of aromatic amines is 2. The molecule has 0 radical (unpaired) electrons. The second-order valence-electron chi connectivity index (χ2n) is 2.10. The van der Waals surface area contributed by atoms with Crippen molar-refractivity contribution in [2.75, 3.05) is 0 Å². The first-order chi connectivity index (χ1) is 4.83. The number of allylic oxidation sites excluding steroid dienone is 1. The third kappa shape index (κ3) is 2.89. The Balaban J connectivity index is 0.000001000. The highest BCUT2D eigenvalue weighted by Gasteiger charge is 1.91. The standard InChI is InChI=1S/C7H10N2O.CH4/c1-2-3-4-6-5-8-7(10)9-6;/h2,5H,1,3-4H2,(H2,8,9,10);1H4. The number of H-pyrrole nitrogens is 2. The third-order valence-electron chi connectivity index (χ3n) is 1.27. The lowest BCUT2D eigenvalue weighted by atomic mass is 10.2. The fourth-order valence-electron chi connectivity index (χ4n) is 0.763. The topological polar surface area (TPSA) is 48.6 Å². The van der Waals surface area contributed by atoms with Gasteiger partial charge < -0.3 is 9.97 Å². The van der Waals surface area contributed by atoms with Crippen LogP contribution in [-0.4, -0.2) is 9.97 Å². The Labute approximate surface area is 66.2 Å². The van der Waals surface area contributed by atoms with Gasteiger partial charge in [0.05, 0.1) is 0 Å². The molecule has 0 saturated carbocycles. The summed E-state index contributed by atoms with van der Waals surface area (Å²) in [5, 5.41) is 0. The van der Waals surface area contributed by atoms with E-state index in [9.17, 15) is 4.79 Å². The van der Waals surface area contributed by atoms with Crippen LogP contribution in [0.15, 0.2) is 23.6 Å². The van der Waals surface area contributed by atoms with Crippen molar-refractivity contribution in [3.8, 4) is 0 Å². The van der Waals surface area contributed by atoms with Crippen molar-refractivity contribution in [1.29, 1.82) is 0 Å². The number of imidazole rings is 1. The summed E-state index contributed by atoms with van der Waals surface area (Å²) in [7, 11) is 0. The summed E-state index contributed by atoms with van der Waals surface area (Å²) < 4.78 is 0. The molecule has 0 unspecified atom stereocenters. The number of aromatic nitrogens is 2. The maximum atomic E-state index is 10.5. The zero-order valence-corrected chi connectivity index (χ0v) is 5.68. The predicted octanol–water partition coefficient (Wildman–Crippen LogP) is 1.46. The average Bonchev–Trinajstić information content (AvgIpc) is 2.31. The Hall–Kier alpha value is -1.25. The molecule has 0 bridgehead atoms. The maximum Gasteiger partial charge on any atom is 0.323 e. The molecule has 0 aromatic carbocycles. The fraction of sp³-hybridized carbons (Fsp3) is 0.375. The lowest BCUT2D eigenvalue weighted by Crippen LogP contribution is -2.00. The van der Waals surface area contributed by atoms with E-state index in [4.69, 9.17) is 0 Å². The van der Waals surface area contributed by atoms with Crippen LogP contribution in [0.4, 0.5) is 0 Å². The summed E-state index contributed by atoms with van der Waals surface area (Å²) in [6, 6.07) is 0. The van der Waals surface area contributed by atoms with Gasteiger partial charge in [-0.25, -0.2) is 4.79 Å². The van der Waals surface area contributed by atoms with Gasteiger partial charge in [-0.15, -0.1) is 6.58 Å². The highest BCUT2D eigenvalue weighted by molar-refractivity contribution is 4.95. The molecule has 3 heteroatoms. The Morgan fingerprint density at radius 2 is 2.36 bits per heavy atom. The number of aryl methyl sites for hydroxylation is 1. The molecule has 0 aliphatic heterocycles. The van der Waals surface area contributed by atoms with Crippen LogP contribution in [0.3, 0.4) is 0 Å². The van der Waals surface area contributed by atoms with Gasteiger partial charge in [0.25, 0.3) is 0 Å². The predicted molar refractivity (Wildman–Crippen MR) is 46.7 cm³/mol. The smallest absolute Gasteiger partial charge is 0.313 e. The van der Waals surface area contributed by atoms with Gasteiger partial charge in [0, 0.05) is 11.9 Å². The number of hydrogen-bond donors (Lipinski definition) is 2. The van der Waals surface area contributed by atoms with E-state index >= 15 is 0 Å². The highest BCUT2D eigenvalue weighted by atomic mass is 16.1. The minimum absolute atomic E-state index is 0. The molecule has 1 heterocycles. The van der Waals surface area contributed by atoms with Gasteiger partial charge in [0.2, 0.25) is 0 Å². The van der Waals surface area contributed by atoms with Crippen LogP contribution < -0.4 is 5.69 Å².